The van der Waals surface area contributed by atoms with E-state index >= 15 is 0 Å². The normalized spacial score (nSPS) is 13.1. The topological polar surface area (TPSA) is 103 Å². The molecule has 0 atom stereocenters. The Balaban J connectivity index is 1.52. The summed E-state index contributed by atoms with van der Waals surface area (Å²) in [7, 11) is 0. The van der Waals surface area contributed by atoms with Crippen molar-refractivity contribution in [2.75, 3.05) is 4.90 Å². The smallest absolute Gasteiger partial charge is 0.338 e. The van der Waals surface area contributed by atoms with Crippen molar-refractivity contribution in [3.05, 3.63) is 75.9 Å². The molecule has 2 amide bonds. The molecule has 2 heterocycles. The maximum Gasteiger partial charge on any atom is 0.338 e. The quantitative estimate of drug-likeness (QED) is 0.449. The maximum absolute atomic E-state index is 12.8. The lowest BCUT2D eigenvalue weighted by atomic mass is 10.1. The van der Waals surface area contributed by atoms with Crippen LogP contribution in [0.25, 0.3) is 0 Å². The van der Waals surface area contributed by atoms with Gasteiger partial charge >= 0.3 is 5.97 Å². The second-order valence-electron chi connectivity index (χ2n) is 6.96. The number of hydrogen-bond acceptors (Lipinski definition) is 7. The minimum Gasteiger partial charge on any atom is -0.452 e. The minimum absolute atomic E-state index is 0.0852. The molecule has 0 fully saturated rings. The Bertz CT molecular complexity index is 1150. The molecule has 0 saturated heterocycles. The Morgan fingerprint density at radius 1 is 1.10 bits per heavy atom. The van der Waals surface area contributed by atoms with Crippen molar-refractivity contribution in [3.63, 3.8) is 0 Å². The van der Waals surface area contributed by atoms with Crippen LogP contribution in [-0.2, 0) is 11.3 Å². The average Bonchev–Trinajstić information content (AvgIpc) is 3.31. The van der Waals surface area contributed by atoms with Gasteiger partial charge in [-0.05, 0) is 42.5 Å². The molecule has 9 heteroatoms. The lowest BCUT2D eigenvalue weighted by Gasteiger charge is -2.13. The zero-order chi connectivity index (χ0) is 21.4. The van der Waals surface area contributed by atoms with Gasteiger partial charge in [-0.1, -0.05) is 30.6 Å². The number of imide groups is 1. The molecule has 4 rings (SSSR count). The van der Waals surface area contributed by atoms with Gasteiger partial charge in [0.15, 0.2) is 12.4 Å². The van der Waals surface area contributed by atoms with Gasteiger partial charge in [0, 0.05) is 10.9 Å². The first-order chi connectivity index (χ1) is 14.3. The van der Waals surface area contributed by atoms with Crippen LogP contribution in [0, 0.1) is 0 Å². The SMILES string of the molecule is CC(C)c1noc(COC(=O)c2ccc3c(c2)C(=O)N(c2ccc(Cl)cc2)C3=O)n1. The van der Waals surface area contributed by atoms with Crippen LogP contribution in [0.5, 0.6) is 0 Å². The summed E-state index contributed by atoms with van der Waals surface area (Å²) in [6.45, 7) is 3.63. The second kappa shape index (κ2) is 7.72. The third-order valence-electron chi connectivity index (χ3n) is 4.53. The number of carbonyl (C=O) groups is 3. The first kappa shape index (κ1) is 19.8. The van der Waals surface area contributed by atoms with E-state index in [9.17, 15) is 14.4 Å². The van der Waals surface area contributed by atoms with Crippen LogP contribution in [0.3, 0.4) is 0 Å². The molecule has 152 valence electrons. The van der Waals surface area contributed by atoms with Crippen molar-refractivity contribution in [1.29, 1.82) is 0 Å². The molecule has 0 spiro atoms. The highest BCUT2D eigenvalue weighted by Crippen LogP contribution is 2.30. The van der Waals surface area contributed by atoms with Crippen LogP contribution < -0.4 is 4.90 Å². The fourth-order valence-corrected chi connectivity index (χ4v) is 3.09. The molecule has 0 N–H and O–H groups in total. The van der Waals surface area contributed by atoms with E-state index in [1.807, 2.05) is 13.8 Å². The zero-order valence-electron chi connectivity index (χ0n) is 16.1. The number of aromatic nitrogens is 2. The van der Waals surface area contributed by atoms with E-state index in [0.717, 1.165) is 4.90 Å². The van der Waals surface area contributed by atoms with E-state index in [2.05, 4.69) is 10.1 Å². The van der Waals surface area contributed by atoms with Crippen LogP contribution in [0.4, 0.5) is 5.69 Å². The first-order valence-corrected chi connectivity index (χ1v) is 9.51. The highest BCUT2D eigenvalue weighted by molar-refractivity contribution is 6.35. The number of halogens is 1. The maximum atomic E-state index is 12.8. The fraction of sp³-hybridized carbons (Fsp3) is 0.190. The van der Waals surface area contributed by atoms with E-state index < -0.39 is 17.8 Å². The van der Waals surface area contributed by atoms with Crippen LogP contribution in [0.15, 0.2) is 47.0 Å². The molecule has 2 aromatic carbocycles. The molecule has 0 aliphatic carbocycles. The van der Waals surface area contributed by atoms with Crippen molar-refractivity contribution >= 4 is 35.1 Å². The number of benzene rings is 2. The van der Waals surface area contributed by atoms with Crippen molar-refractivity contribution < 1.29 is 23.6 Å². The molecule has 1 aliphatic heterocycles. The summed E-state index contributed by atoms with van der Waals surface area (Å²) in [4.78, 5) is 43.0. The van der Waals surface area contributed by atoms with Gasteiger partial charge in [0.05, 0.1) is 22.4 Å². The minimum atomic E-state index is -0.674. The van der Waals surface area contributed by atoms with E-state index in [1.54, 1.807) is 24.3 Å². The highest BCUT2D eigenvalue weighted by atomic mass is 35.5. The lowest BCUT2D eigenvalue weighted by molar-refractivity contribution is 0.0429. The van der Waals surface area contributed by atoms with Crippen LogP contribution in [0.1, 0.15) is 62.6 Å². The largest absolute Gasteiger partial charge is 0.452 e. The van der Waals surface area contributed by atoms with E-state index in [4.69, 9.17) is 20.9 Å². The molecule has 3 aromatic rings. The summed E-state index contributed by atoms with van der Waals surface area (Å²) in [6, 6.07) is 10.6. The second-order valence-corrected chi connectivity index (χ2v) is 7.40. The molecule has 0 radical (unpaired) electrons. The number of amides is 2. The lowest BCUT2D eigenvalue weighted by Crippen LogP contribution is -2.29. The van der Waals surface area contributed by atoms with Gasteiger partial charge in [-0.3, -0.25) is 9.59 Å². The number of rotatable bonds is 5. The molecule has 1 aromatic heterocycles. The van der Waals surface area contributed by atoms with Crippen LogP contribution >= 0.6 is 11.6 Å². The van der Waals surface area contributed by atoms with E-state index in [1.165, 1.54) is 18.2 Å². The molecule has 0 unspecified atom stereocenters. The monoisotopic (exact) mass is 425 g/mol. The van der Waals surface area contributed by atoms with Gasteiger partial charge < -0.3 is 9.26 Å². The molecule has 8 nitrogen and oxygen atoms in total. The van der Waals surface area contributed by atoms with Gasteiger partial charge in [-0.25, -0.2) is 9.69 Å². The first-order valence-electron chi connectivity index (χ1n) is 9.13. The van der Waals surface area contributed by atoms with Crippen molar-refractivity contribution in [3.8, 4) is 0 Å². The van der Waals surface area contributed by atoms with E-state index in [0.29, 0.717) is 16.5 Å². The predicted octanol–water partition coefficient (Wildman–Crippen LogP) is 4.00. The van der Waals surface area contributed by atoms with Gasteiger partial charge in [-0.2, -0.15) is 4.98 Å². The number of anilines is 1. The Labute approximate surface area is 176 Å². The predicted molar refractivity (Wildman–Crippen MR) is 107 cm³/mol. The number of nitrogens with zero attached hydrogens (tertiary/aromatic N) is 3. The highest BCUT2D eigenvalue weighted by Gasteiger charge is 2.37. The molecule has 0 saturated carbocycles. The zero-order valence-corrected chi connectivity index (χ0v) is 16.8. The van der Waals surface area contributed by atoms with Crippen molar-refractivity contribution in [1.82, 2.24) is 10.1 Å². The van der Waals surface area contributed by atoms with Crippen molar-refractivity contribution in [2.24, 2.45) is 0 Å². The fourth-order valence-electron chi connectivity index (χ4n) is 2.96. The molecular weight excluding hydrogens is 410 g/mol. The Morgan fingerprint density at radius 3 is 2.47 bits per heavy atom. The van der Waals surface area contributed by atoms with Crippen LogP contribution in [-0.4, -0.2) is 27.9 Å². The summed E-state index contributed by atoms with van der Waals surface area (Å²) in [6.07, 6.45) is 0. The summed E-state index contributed by atoms with van der Waals surface area (Å²) < 4.78 is 10.2. The Morgan fingerprint density at radius 2 is 1.80 bits per heavy atom. The van der Waals surface area contributed by atoms with Gasteiger partial charge in [0.2, 0.25) is 0 Å². The molecule has 1 aliphatic rings. The third-order valence-corrected chi connectivity index (χ3v) is 4.79. The standard InChI is InChI=1S/C21H16ClN3O5/c1-11(2)18-23-17(30-24-18)10-29-21(28)12-3-8-15-16(9-12)20(27)25(19(15)26)14-6-4-13(22)5-7-14/h3-9,11H,10H2,1-2H3. The van der Waals surface area contributed by atoms with E-state index in [-0.39, 0.29) is 35.1 Å². The van der Waals surface area contributed by atoms with Gasteiger partial charge in [-0.15, -0.1) is 0 Å². The number of esters is 1. The summed E-state index contributed by atoms with van der Waals surface area (Å²) in [5, 5.41) is 4.29. The molecular formula is C21H16ClN3O5. The molecule has 30 heavy (non-hydrogen) atoms. The summed E-state index contributed by atoms with van der Waals surface area (Å²) in [5.74, 6) is -0.887. The van der Waals surface area contributed by atoms with Crippen molar-refractivity contribution in [2.45, 2.75) is 26.4 Å². The Hall–Kier alpha value is -3.52. The Kier molecular flexibility index (Phi) is 5.09. The average molecular weight is 426 g/mol. The third kappa shape index (κ3) is 3.57. The van der Waals surface area contributed by atoms with Gasteiger partial charge in [0.25, 0.3) is 17.7 Å². The number of ether oxygens (including phenoxy) is 1. The number of fused-ring (bicyclic) bond motifs is 1. The van der Waals surface area contributed by atoms with Crippen LogP contribution in [0.2, 0.25) is 5.02 Å². The van der Waals surface area contributed by atoms with Gasteiger partial charge in [0.1, 0.15) is 0 Å². The molecule has 0 bridgehead atoms. The summed E-state index contributed by atoms with van der Waals surface area (Å²) >= 11 is 5.87. The number of hydrogen-bond donors (Lipinski definition) is 0. The summed E-state index contributed by atoms with van der Waals surface area (Å²) in [5.41, 5.74) is 0.873. The number of carbonyl (C=O) groups excluding carboxylic acids is 3.